The van der Waals surface area contributed by atoms with E-state index in [1.165, 1.54) is 11.9 Å². The lowest BCUT2D eigenvalue weighted by atomic mass is 10.1. The van der Waals surface area contributed by atoms with E-state index in [1.807, 2.05) is 31.3 Å². The van der Waals surface area contributed by atoms with Crippen LogP contribution in [0.15, 0.2) is 44.7 Å². The topological polar surface area (TPSA) is 85.7 Å². The standard InChI is InChI=1S/C14H13BrN4OS/c1-18-21-8-2-3-11-10(6-8)19-14(17)13-9(16)4-7(15)5-12(13)20-11/h2-6,18H,16H2,1H3,(H2,17,19). The van der Waals surface area contributed by atoms with Gasteiger partial charge in [-0.05, 0) is 49.3 Å². The van der Waals surface area contributed by atoms with Gasteiger partial charge in [-0.25, -0.2) is 4.99 Å². The molecule has 21 heavy (non-hydrogen) atoms. The number of nitrogens with zero attached hydrogens (tertiary/aromatic N) is 1. The van der Waals surface area contributed by atoms with Gasteiger partial charge in [0.2, 0.25) is 0 Å². The van der Waals surface area contributed by atoms with E-state index in [4.69, 9.17) is 16.2 Å². The lowest BCUT2D eigenvalue weighted by molar-refractivity contribution is 0.484. The van der Waals surface area contributed by atoms with Gasteiger partial charge in [0, 0.05) is 15.1 Å². The minimum Gasteiger partial charge on any atom is -0.454 e. The number of ether oxygens (including phenoxy) is 1. The molecule has 1 aliphatic rings. The number of aliphatic imine (C=N–C) groups is 1. The Morgan fingerprint density at radius 1 is 1.19 bits per heavy atom. The van der Waals surface area contributed by atoms with Crippen molar-refractivity contribution in [3.63, 3.8) is 0 Å². The normalized spacial score (nSPS) is 12.8. The van der Waals surface area contributed by atoms with Gasteiger partial charge < -0.3 is 16.2 Å². The van der Waals surface area contributed by atoms with E-state index in [9.17, 15) is 0 Å². The molecule has 7 heteroatoms. The lowest BCUT2D eigenvalue weighted by Crippen LogP contribution is -2.15. The fourth-order valence-corrected chi connectivity index (χ4v) is 3.11. The van der Waals surface area contributed by atoms with Gasteiger partial charge in [0.05, 0.1) is 5.56 Å². The Kier molecular flexibility index (Phi) is 3.79. The van der Waals surface area contributed by atoms with Crippen molar-refractivity contribution in [3.8, 4) is 11.5 Å². The number of nitrogens with two attached hydrogens (primary N) is 2. The van der Waals surface area contributed by atoms with Crippen molar-refractivity contribution in [3.05, 3.63) is 40.4 Å². The summed E-state index contributed by atoms with van der Waals surface area (Å²) in [5.74, 6) is 1.59. The van der Waals surface area contributed by atoms with Crippen LogP contribution in [0.1, 0.15) is 5.56 Å². The summed E-state index contributed by atoms with van der Waals surface area (Å²) in [7, 11) is 1.86. The maximum atomic E-state index is 6.09. The van der Waals surface area contributed by atoms with E-state index in [2.05, 4.69) is 25.6 Å². The van der Waals surface area contributed by atoms with Gasteiger partial charge in [-0.3, -0.25) is 4.72 Å². The molecule has 1 heterocycles. The van der Waals surface area contributed by atoms with Crippen LogP contribution in [0.25, 0.3) is 0 Å². The highest BCUT2D eigenvalue weighted by Gasteiger charge is 2.20. The number of anilines is 1. The fourth-order valence-electron chi connectivity index (χ4n) is 2.11. The third kappa shape index (κ3) is 2.72. The van der Waals surface area contributed by atoms with Crippen LogP contribution in [-0.2, 0) is 0 Å². The molecular weight excluding hydrogens is 352 g/mol. The van der Waals surface area contributed by atoms with Gasteiger partial charge in [0.1, 0.15) is 17.3 Å². The first-order chi connectivity index (χ1) is 10.1. The maximum absolute atomic E-state index is 6.09. The smallest absolute Gasteiger partial charge is 0.153 e. The Bertz CT molecular complexity index is 748. The van der Waals surface area contributed by atoms with E-state index >= 15 is 0 Å². The van der Waals surface area contributed by atoms with Crippen molar-refractivity contribution < 1.29 is 4.74 Å². The van der Waals surface area contributed by atoms with Crippen LogP contribution in [-0.4, -0.2) is 12.9 Å². The van der Waals surface area contributed by atoms with Crippen LogP contribution in [0.5, 0.6) is 11.5 Å². The van der Waals surface area contributed by atoms with Crippen molar-refractivity contribution in [2.45, 2.75) is 4.90 Å². The van der Waals surface area contributed by atoms with E-state index in [0.29, 0.717) is 34.3 Å². The molecule has 0 aliphatic carbocycles. The first-order valence-corrected chi connectivity index (χ1v) is 7.78. The number of rotatable bonds is 2. The average Bonchev–Trinajstić information content (AvgIpc) is 2.54. The van der Waals surface area contributed by atoms with Crippen molar-refractivity contribution in [2.75, 3.05) is 12.8 Å². The van der Waals surface area contributed by atoms with E-state index in [-0.39, 0.29) is 0 Å². The highest BCUT2D eigenvalue weighted by Crippen LogP contribution is 2.41. The number of nitrogens with one attached hydrogen (secondary N) is 1. The number of nitrogen functional groups attached to an aromatic ring is 1. The molecule has 2 aromatic rings. The molecule has 3 rings (SSSR count). The molecule has 5 nitrogen and oxygen atoms in total. The molecule has 0 aromatic heterocycles. The molecule has 0 unspecified atom stereocenters. The summed E-state index contributed by atoms with van der Waals surface area (Å²) in [6, 6.07) is 9.36. The Morgan fingerprint density at radius 2 is 2.00 bits per heavy atom. The molecule has 1 aliphatic heterocycles. The summed E-state index contributed by atoms with van der Waals surface area (Å²) in [6.07, 6.45) is 0. The maximum Gasteiger partial charge on any atom is 0.153 e. The van der Waals surface area contributed by atoms with E-state index in [0.717, 1.165) is 9.37 Å². The largest absolute Gasteiger partial charge is 0.454 e. The molecule has 0 bridgehead atoms. The number of hydrogen-bond donors (Lipinski definition) is 3. The van der Waals surface area contributed by atoms with Gasteiger partial charge in [-0.2, -0.15) is 0 Å². The monoisotopic (exact) mass is 364 g/mol. The van der Waals surface area contributed by atoms with Crippen molar-refractivity contribution in [2.24, 2.45) is 10.7 Å². The SMILES string of the molecule is CNSc1ccc2c(c1)N=C(N)c1c(N)cc(Br)cc1O2. The predicted octanol–water partition coefficient (Wildman–Crippen LogP) is 3.40. The number of fused-ring (bicyclic) bond motifs is 2. The van der Waals surface area contributed by atoms with Crippen LogP contribution >= 0.6 is 27.9 Å². The Labute approximate surface area is 135 Å². The zero-order chi connectivity index (χ0) is 15.0. The summed E-state index contributed by atoms with van der Waals surface area (Å²) in [6.45, 7) is 0. The van der Waals surface area contributed by atoms with Gasteiger partial charge in [-0.15, -0.1) is 0 Å². The molecule has 0 saturated carbocycles. The summed E-state index contributed by atoms with van der Waals surface area (Å²) < 4.78 is 9.79. The molecule has 0 fully saturated rings. The zero-order valence-corrected chi connectivity index (χ0v) is 13.6. The second kappa shape index (κ2) is 5.59. The first-order valence-electron chi connectivity index (χ1n) is 6.17. The van der Waals surface area contributed by atoms with Gasteiger partial charge in [0.25, 0.3) is 0 Å². The van der Waals surface area contributed by atoms with Crippen molar-refractivity contribution in [1.29, 1.82) is 0 Å². The quantitative estimate of drug-likeness (QED) is 0.561. The van der Waals surface area contributed by atoms with Crippen molar-refractivity contribution in [1.82, 2.24) is 4.72 Å². The minimum atomic E-state index is 0.348. The fraction of sp³-hybridized carbons (Fsp3) is 0.0714. The van der Waals surface area contributed by atoms with Crippen molar-refractivity contribution >= 4 is 45.1 Å². The van der Waals surface area contributed by atoms with Crippen LogP contribution in [0.3, 0.4) is 0 Å². The number of hydrogen-bond acceptors (Lipinski definition) is 6. The Morgan fingerprint density at radius 3 is 2.76 bits per heavy atom. The molecule has 2 aromatic carbocycles. The third-order valence-electron chi connectivity index (χ3n) is 2.96. The first kappa shape index (κ1) is 14.2. The molecule has 0 radical (unpaired) electrons. The Hall–Kier alpha value is -1.70. The number of halogens is 1. The molecular formula is C14H13BrN4OS. The highest BCUT2D eigenvalue weighted by atomic mass is 79.9. The number of amidine groups is 1. The summed E-state index contributed by atoms with van der Waals surface area (Å²) in [5.41, 5.74) is 13.9. The minimum absolute atomic E-state index is 0.348. The summed E-state index contributed by atoms with van der Waals surface area (Å²) in [4.78, 5) is 5.47. The molecule has 108 valence electrons. The second-order valence-corrected chi connectivity index (χ2v) is 6.40. The summed E-state index contributed by atoms with van der Waals surface area (Å²) >= 11 is 4.90. The van der Waals surface area contributed by atoms with Crippen LogP contribution in [0.2, 0.25) is 0 Å². The molecule has 5 N–H and O–H groups in total. The zero-order valence-electron chi connectivity index (χ0n) is 11.2. The second-order valence-electron chi connectivity index (χ2n) is 4.40. The predicted molar refractivity (Wildman–Crippen MR) is 90.4 cm³/mol. The van der Waals surface area contributed by atoms with E-state index < -0.39 is 0 Å². The third-order valence-corrected chi connectivity index (χ3v) is 4.12. The van der Waals surface area contributed by atoms with Crippen LogP contribution < -0.4 is 20.9 Å². The molecule has 0 amide bonds. The van der Waals surface area contributed by atoms with Crippen LogP contribution in [0.4, 0.5) is 11.4 Å². The average molecular weight is 365 g/mol. The van der Waals surface area contributed by atoms with Gasteiger partial charge >= 0.3 is 0 Å². The summed E-state index contributed by atoms with van der Waals surface area (Å²) in [5, 5.41) is 0. The molecule has 0 atom stereocenters. The van der Waals surface area contributed by atoms with Gasteiger partial charge in [0.15, 0.2) is 5.75 Å². The Balaban J connectivity index is 2.15. The number of benzene rings is 2. The van der Waals surface area contributed by atoms with Crippen LogP contribution in [0, 0.1) is 0 Å². The lowest BCUT2D eigenvalue weighted by Gasteiger charge is -2.11. The van der Waals surface area contributed by atoms with Gasteiger partial charge in [-0.1, -0.05) is 15.9 Å². The highest BCUT2D eigenvalue weighted by molar-refractivity contribution is 9.10. The van der Waals surface area contributed by atoms with E-state index in [1.54, 1.807) is 6.07 Å². The molecule has 0 spiro atoms. The molecule has 0 saturated heterocycles.